The smallest absolute Gasteiger partial charge is 0.263 e. The van der Waals surface area contributed by atoms with Gasteiger partial charge in [-0.05, 0) is 44.2 Å². The second kappa shape index (κ2) is 5.61. The van der Waals surface area contributed by atoms with Crippen LogP contribution in [0.1, 0.15) is 34.6 Å². The molecule has 2 unspecified atom stereocenters. The summed E-state index contributed by atoms with van der Waals surface area (Å²) in [6, 6.07) is 3.81. The minimum atomic E-state index is -0.214. The van der Waals surface area contributed by atoms with Gasteiger partial charge < -0.3 is 16.2 Å². The third kappa shape index (κ3) is 2.87. The number of aromatic nitrogens is 1. The maximum atomic E-state index is 12.3. The lowest BCUT2D eigenvalue weighted by Crippen LogP contribution is -2.28. The predicted molar refractivity (Wildman–Crippen MR) is 84.5 cm³/mol. The molecule has 1 fully saturated rings. The molecule has 5 nitrogen and oxygen atoms in total. The number of aliphatic hydroxyl groups excluding tert-OH is 1. The van der Waals surface area contributed by atoms with Crippen LogP contribution in [0, 0.1) is 12.8 Å². The van der Waals surface area contributed by atoms with E-state index < -0.39 is 0 Å². The molecule has 112 valence electrons. The zero-order chi connectivity index (χ0) is 15.0. The van der Waals surface area contributed by atoms with Crippen LogP contribution in [0.25, 0.3) is 10.2 Å². The van der Waals surface area contributed by atoms with E-state index in [-0.39, 0.29) is 12.0 Å². The van der Waals surface area contributed by atoms with Crippen molar-refractivity contribution in [2.24, 2.45) is 5.92 Å². The molecular formula is C15H19N3O2S. The number of nitrogens with one attached hydrogen (secondary N) is 1. The SMILES string of the molecule is Cc1ccc2c(N)c(C(=O)NCC3CCC(O)C3)sc2n1. The molecule has 1 aliphatic rings. The number of anilines is 1. The number of aliphatic hydroxyl groups is 1. The number of rotatable bonds is 3. The van der Waals surface area contributed by atoms with Crippen molar-refractivity contribution < 1.29 is 9.90 Å². The summed E-state index contributed by atoms with van der Waals surface area (Å²) >= 11 is 1.33. The number of hydrogen-bond donors (Lipinski definition) is 3. The normalized spacial score (nSPS) is 21.8. The van der Waals surface area contributed by atoms with Crippen LogP contribution in [0.2, 0.25) is 0 Å². The van der Waals surface area contributed by atoms with Crippen LogP contribution in [0.3, 0.4) is 0 Å². The first-order valence-electron chi connectivity index (χ1n) is 7.16. The summed E-state index contributed by atoms with van der Waals surface area (Å²) < 4.78 is 0. The van der Waals surface area contributed by atoms with Crippen LogP contribution in [-0.4, -0.2) is 28.6 Å². The Labute approximate surface area is 127 Å². The third-order valence-corrected chi connectivity index (χ3v) is 5.12. The van der Waals surface area contributed by atoms with Gasteiger partial charge in [-0.15, -0.1) is 11.3 Å². The largest absolute Gasteiger partial charge is 0.397 e. The Morgan fingerprint density at radius 3 is 3.05 bits per heavy atom. The van der Waals surface area contributed by atoms with Crippen molar-refractivity contribution in [3.8, 4) is 0 Å². The molecule has 0 radical (unpaired) electrons. The third-order valence-electron chi connectivity index (χ3n) is 4.00. The number of carbonyl (C=O) groups excluding carboxylic acids is 1. The Balaban J connectivity index is 1.74. The Kier molecular flexibility index (Phi) is 3.82. The van der Waals surface area contributed by atoms with Gasteiger partial charge in [0.15, 0.2) is 0 Å². The van der Waals surface area contributed by atoms with E-state index in [1.165, 1.54) is 11.3 Å². The number of amides is 1. The highest BCUT2D eigenvalue weighted by Gasteiger charge is 2.24. The lowest BCUT2D eigenvalue weighted by molar-refractivity contribution is 0.0950. The molecule has 2 atom stereocenters. The molecule has 1 amide bonds. The van der Waals surface area contributed by atoms with E-state index in [2.05, 4.69) is 10.3 Å². The number of nitrogens with two attached hydrogens (primary N) is 1. The number of hydrogen-bond acceptors (Lipinski definition) is 5. The van der Waals surface area contributed by atoms with Crippen molar-refractivity contribution in [1.82, 2.24) is 10.3 Å². The Morgan fingerprint density at radius 2 is 2.33 bits per heavy atom. The van der Waals surface area contributed by atoms with Crippen LogP contribution < -0.4 is 11.1 Å². The summed E-state index contributed by atoms with van der Waals surface area (Å²) in [7, 11) is 0. The van der Waals surface area contributed by atoms with E-state index in [0.29, 0.717) is 23.0 Å². The second-order valence-electron chi connectivity index (χ2n) is 5.69. The number of pyridine rings is 1. The van der Waals surface area contributed by atoms with Gasteiger partial charge in [0.05, 0.1) is 11.8 Å². The summed E-state index contributed by atoms with van der Waals surface area (Å²) in [6.07, 6.45) is 2.34. The molecule has 1 saturated carbocycles. The van der Waals surface area contributed by atoms with Crippen molar-refractivity contribution in [3.63, 3.8) is 0 Å². The number of aryl methyl sites for hydroxylation is 1. The van der Waals surface area contributed by atoms with Crippen molar-refractivity contribution in [1.29, 1.82) is 0 Å². The molecule has 3 rings (SSSR count). The van der Waals surface area contributed by atoms with Crippen molar-refractivity contribution in [3.05, 3.63) is 22.7 Å². The number of nitrogen functional groups attached to an aromatic ring is 1. The molecule has 0 aliphatic heterocycles. The lowest BCUT2D eigenvalue weighted by Gasteiger charge is -2.10. The minimum absolute atomic E-state index is 0.144. The van der Waals surface area contributed by atoms with Gasteiger partial charge in [-0.25, -0.2) is 4.98 Å². The molecule has 2 aromatic rings. The maximum absolute atomic E-state index is 12.3. The summed E-state index contributed by atoms with van der Waals surface area (Å²) in [5, 5.41) is 13.3. The summed E-state index contributed by atoms with van der Waals surface area (Å²) in [5.41, 5.74) is 7.48. The summed E-state index contributed by atoms with van der Waals surface area (Å²) in [5.74, 6) is 0.217. The second-order valence-corrected chi connectivity index (χ2v) is 6.69. The highest BCUT2D eigenvalue weighted by molar-refractivity contribution is 7.21. The predicted octanol–water partition coefficient (Wildman–Crippen LogP) is 2.08. The molecule has 6 heteroatoms. The minimum Gasteiger partial charge on any atom is -0.397 e. The van der Waals surface area contributed by atoms with Crippen LogP contribution in [0.5, 0.6) is 0 Å². The average Bonchev–Trinajstić information content (AvgIpc) is 3.00. The summed E-state index contributed by atoms with van der Waals surface area (Å²) in [4.78, 5) is 18.0. The highest BCUT2D eigenvalue weighted by Crippen LogP contribution is 2.32. The van der Waals surface area contributed by atoms with Crippen LogP contribution >= 0.6 is 11.3 Å². The van der Waals surface area contributed by atoms with Gasteiger partial charge in [-0.3, -0.25) is 4.79 Å². The van der Waals surface area contributed by atoms with Crippen molar-refractivity contribution in [2.75, 3.05) is 12.3 Å². The fourth-order valence-electron chi connectivity index (χ4n) is 2.81. The van der Waals surface area contributed by atoms with Crippen LogP contribution in [-0.2, 0) is 0 Å². The zero-order valence-corrected chi connectivity index (χ0v) is 12.7. The lowest BCUT2D eigenvalue weighted by atomic mass is 10.1. The number of nitrogens with zero attached hydrogens (tertiary/aromatic N) is 1. The highest BCUT2D eigenvalue weighted by atomic mass is 32.1. The van der Waals surface area contributed by atoms with Gasteiger partial charge in [0, 0.05) is 17.6 Å². The Bertz CT molecular complexity index is 683. The zero-order valence-electron chi connectivity index (χ0n) is 11.9. The molecule has 2 heterocycles. The molecule has 0 bridgehead atoms. The molecule has 0 aromatic carbocycles. The van der Waals surface area contributed by atoms with Gasteiger partial charge >= 0.3 is 0 Å². The fraction of sp³-hybridized carbons (Fsp3) is 0.467. The van der Waals surface area contributed by atoms with Gasteiger partial charge in [0.2, 0.25) is 0 Å². The van der Waals surface area contributed by atoms with E-state index in [9.17, 15) is 9.90 Å². The van der Waals surface area contributed by atoms with E-state index in [1.807, 2.05) is 19.1 Å². The standard InChI is InChI=1S/C15H19N3O2S/c1-8-2-5-11-12(16)13(21-15(11)18-8)14(20)17-7-9-3-4-10(19)6-9/h2,5,9-10,19H,3-4,6-7,16H2,1H3,(H,17,20). The number of carbonyl (C=O) groups is 1. The number of thiophene rings is 1. The topological polar surface area (TPSA) is 88.2 Å². The monoisotopic (exact) mass is 305 g/mol. The molecule has 0 spiro atoms. The quantitative estimate of drug-likeness (QED) is 0.810. The van der Waals surface area contributed by atoms with Gasteiger partial charge in [-0.1, -0.05) is 0 Å². The molecule has 2 aromatic heterocycles. The van der Waals surface area contributed by atoms with Crippen molar-refractivity contribution in [2.45, 2.75) is 32.3 Å². The fourth-order valence-corrected chi connectivity index (χ4v) is 3.87. The molecule has 0 saturated heterocycles. The van der Waals surface area contributed by atoms with E-state index >= 15 is 0 Å². The van der Waals surface area contributed by atoms with E-state index in [4.69, 9.17) is 5.73 Å². The first-order valence-corrected chi connectivity index (χ1v) is 7.98. The van der Waals surface area contributed by atoms with E-state index in [0.717, 1.165) is 35.2 Å². The number of fused-ring (bicyclic) bond motifs is 1. The van der Waals surface area contributed by atoms with Crippen LogP contribution in [0.4, 0.5) is 5.69 Å². The molecule has 4 N–H and O–H groups in total. The van der Waals surface area contributed by atoms with Gasteiger partial charge in [-0.2, -0.15) is 0 Å². The van der Waals surface area contributed by atoms with Gasteiger partial charge in [0.25, 0.3) is 5.91 Å². The Hall–Kier alpha value is -1.66. The molecule has 1 aliphatic carbocycles. The molecular weight excluding hydrogens is 286 g/mol. The Morgan fingerprint density at radius 1 is 1.52 bits per heavy atom. The van der Waals surface area contributed by atoms with E-state index in [1.54, 1.807) is 0 Å². The first kappa shape index (κ1) is 14.3. The van der Waals surface area contributed by atoms with Crippen molar-refractivity contribution >= 4 is 33.1 Å². The first-order chi connectivity index (χ1) is 10.0. The summed E-state index contributed by atoms with van der Waals surface area (Å²) in [6.45, 7) is 2.51. The maximum Gasteiger partial charge on any atom is 0.263 e. The molecule has 21 heavy (non-hydrogen) atoms. The average molecular weight is 305 g/mol. The van der Waals surface area contributed by atoms with Crippen LogP contribution in [0.15, 0.2) is 12.1 Å². The van der Waals surface area contributed by atoms with Gasteiger partial charge in [0.1, 0.15) is 9.71 Å².